The summed E-state index contributed by atoms with van der Waals surface area (Å²) in [7, 11) is 1.63. The third kappa shape index (κ3) is 3.31. The van der Waals surface area contributed by atoms with Crippen LogP contribution < -0.4 is 15.4 Å². The largest absolute Gasteiger partial charge is 0.497 e. The maximum Gasteiger partial charge on any atom is 0.122 e. The van der Waals surface area contributed by atoms with Crippen molar-refractivity contribution in [2.24, 2.45) is 0 Å². The average Bonchev–Trinajstić information content (AvgIpc) is 2.29. The Morgan fingerprint density at radius 1 is 1.38 bits per heavy atom. The van der Waals surface area contributed by atoms with Gasteiger partial charge in [0.15, 0.2) is 0 Å². The lowest BCUT2D eigenvalue weighted by molar-refractivity contribution is 0.289. The first-order valence-electron chi connectivity index (χ1n) is 5.51. The fourth-order valence-electron chi connectivity index (χ4n) is 1.64. The van der Waals surface area contributed by atoms with Crippen molar-refractivity contribution < 1.29 is 9.84 Å². The van der Waals surface area contributed by atoms with E-state index >= 15 is 0 Å². The lowest BCUT2D eigenvalue weighted by Crippen LogP contribution is -2.24. The molecule has 0 saturated carbocycles. The van der Waals surface area contributed by atoms with Gasteiger partial charge in [-0.1, -0.05) is 0 Å². The zero-order valence-corrected chi connectivity index (χ0v) is 9.94. The number of nitrogen functional groups attached to an aromatic ring is 1. The van der Waals surface area contributed by atoms with E-state index in [1.165, 1.54) is 0 Å². The molecule has 0 aliphatic carbocycles. The van der Waals surface area contributed by atoms with Crippen molar-refractivity contribution in [3.8, 4) is 5.75 Å². The molecule has 1 aromatic rings. The first kappa shape index (κ1) is 12.6. The number of methoxy groups -OCH3 is 1. The van der Waals surface area contributed by atoms with E-state index in [1.807, 2.05) is 12.1 Å². The second-order valence-corrected chi connectivity index (χ2v) is 3.62. The number of nitrogens with two attached hydrogens (primary N) is 1. The summed E-state index contributed by atoms with van der Waals surface area (Å²) in [6.45, 7) is 3.98. The van der Waals surface area contributed by atoms with Crippen molar-refractivity contribution in [3.05, 3.63) is 18.2 Å². The lowest BCUT2D eigenvalue weighted by Gasteiger charge is -2.23. The Kier molecular flexibility index (Phi) is 4.92. The number of aliphatic hydroxyl groups is 1. The van der Waals surface area contributed by atoms with E-state index in [9.17, 15) is 0 Å². The summed E-state index contributed by atoms with van der Waals surface area (Å²) in [4.78, 5) is 2.16. The Balaban J connectivity index is 2.86. The van der Waals surface area contributed by atoms with Crippen molar-refractivity contribution in [1.82, 2.24) is 0 Å². The molecule has 90 valence electrons. The van der Waals surface area contributed by atoms with Gasteiger partial charge in [0.1, 0.15) is 5.75 Å². The normalized spacial score (nSPS) is 10.2. The minimum atomic E-state index is 0.204. The second-order valence-electron chi connectivity index (χ2n) is 3.62. The third-order valence-corrected chi connectivity index (χ3v) is 2.48. The summed E-state index contributed by atoms with van der Waals surface area (Å²) in [6, 6.07) is 5.67. The van der Waals surface area contributed by atoms with Crippen molar-refractivity contribution in [1.29, 1.82) is 0 Å². The van der Waals surface area contributed by atoms with Gasteiger partial charge in [-0.15, -0.1) is 0 Å². The molecule has 0 radical (unpaired) electrons. The first-order chi connectivity index (χ1) is 7.71. The quantitative estimate of drug-likeness (QED) is 0.719. The molecule has 0 saturated heterocycles. The molecule has 1 aromatic carbocycles. The van der Waals surface area contributed by atoms with Gasteiger partial charge >= 0.3 is 0 Å². The molecule has 4 heteroatoms. The molecule has 1 rings (SSSR count). The van der Waals surface area contributed by atoms with Gasteiger partial charge < -0.3 is 20.5 Å². The molecule has 0 fully saturated rings. The van der Waals surface area contributed by atoms with Crippen LogP contribution >= 0.6 is 0 Å². The fraction of sp³-hybridized carbons (Fsp3) is 0.500. The van der Waals surface area contributed by atoms with Crippen LogP contribution in [-0.4, -0.2) is 31.9 Å². The number of ether oxygens (including phenoxy) is 1. The molecule has 0 unspecified atom stereocenters. The summed E-state index contributed by atoms with van der Waals surface area (Å²) in [5, 5.41) is 8.84. The highest BCUT2D eigenvalue weighted by molar-refractivity contribution is 5.60. The minimum absolute atomic E-state index is 0.204. The number of rotatable bonds is 6. The minimum Gasteiger partial charge on any atom is -0.497 e. The van der Waals surface area contributed by atoms with Gasteiger partial charge in [-0.3, -0.25) is 0 Å². The van der Waals surface area contributed by atoms with Crippen molar-refractivity contribution in [3.63, 3.8) is 0 Å². The van der Waals surface area contributed by atoms with Crippen LogP contribution in [0, 0.1) is 0 Å². The summed E-state index contributed by atoms with van der Waals surface area (Å²) >= 11 is 0. The van der Waals surface area contributed by atoms with E-state index in [-0.39, 0.29) is 6.61 Å². The first-order valence-corrected chi connectivity index (χ1v) is 5.51. The smallest absolute Gasteiger partial charge is 0.122 e. The maximum atomic E-state index is 8.84. The third-order valence-electron chi connectivity index (χ3n) is 2.48. The molecule has 3 N–H and O–H groups in total. The molecule has 4 nitrogen and oxygen atoms in total. The van der Waals surface area contributed by atoms with Crippen LogP contribution in [0.4, 0.5) is 11.4 Å². The molecule has 0 aliphatic heterocycles. The Morgan fingerprint density at radius 3 is 2.69 bits per heavy atom. The number of aliphatic hydroxyl groups excluding tert-OH is 1. The number of anilines is 2. The van der Waals surface area contributed by atoms with Gasteiger partial charge in [0.2, 0.25) is 0 Å². The highest BCUT2D eigenvalue weighted by Gasteiger charge is 2.06. The van der Waals surface area contributed by atoms with Crippen LogP contribution in [0.1, 0.15) is 13.3 Å². The molecule has 0 spiro atoms. The number of nitrogens with zero attached hydrogens (tertiary/aromatic N) is 1. The van der Waals surface area contributed by atoms with Gasteiger partial charge in [0.25, 0.3) is 0 Å². The SMILES string of the molecule is CCN(CCCO)c1cc(N)cc(OC)c1. The van der Waals surface area contributed by atoms with E-state index in [2.05, 4.69) is 11.8 Å². The van der Waals surface area contributed by atoms with Gasteiger partial charge in [-0.05, 0) is 19.4 Å². The highest BCUT2D eigenvalue weighted by Crippen LogP contribution is 2.25. The van der Waals surface area contributed by atoms with Gasteiger partial charge in [0.05, 0.1) is 7.11 Å². The summed E-state index contributed by atoms with van der Waals surface area (Å²) in [6.07, 6.45) is 0.755. The Labute approximate surface area is 96.6 Å². The molecular formula is C12H20N2O2. The van der Waals surface area contributed by atoms with Gasteiger partial charge in [-0.25, -0.2) is 0 Å². The van der Waals surface area contributed by atoms with Gasteiger partial charge in [0, 0.05) is 43.2 Å². The average molecular weight is 224 g/mol. The lowest BCUT2D eigenvalue weighted by atomic mass is 10.2. The van der Waals surface area contributed by atoms with E-state index in [0.29, 0.717) is 5.69 Å². The van der Waals surface area contributed by atoms with Gasteiger partial charge in [-0.2, -0.15) is 0 Å². The van der Waals surface area contributed by atoms with Crippen LogP contribution in [0.25, 0.3) is 0 Å². The molecule has 0 atom stereocenters. The molecular weight excluding hydrogens is 204 g/mol. The Hall–Kier alpha value is -1.42. The highest BCUT2D eigenvalue weighted by atomic mass is 16.5. The fourth-order valence-corrected chi connectivity index (χ4v) is 1.64. The van der Waals surface area contributed by atoms with E-state index in [4.69, 9.17) is 15.6 Å². The summed E-state index contributed by atoms with van der Waals surface area (Å²) in [5.74, 6) is 0.762. The molecule has 0 aromatic heterocycles. The number of hydrogen-bond donors (Lipinski definition) is 2. The zero-order chi connectivity index (χ0) is 12.0. The second kappa shape index (κ2) is 6.23. The summed E-state index contributed by atoms with van der Waals surface area (Å²) in [5.41, 5.74) is 7.53. The monoisotopic (exact) mass is 224 g/mol. The number of hydrogen-bond acceptors (Lipinski definition) is 4. The van der Waals surface area contributed by atoms with Crippen LogP contribution in [0.5, 0.6) is 5.75 Å². The maximum absolute atomic E-state index is 8.84. The van der Waals surface area contributed by atoms with Crippen molar-refractivity contribution in [2.45, 2.75) is 13.3 Å². The molecule has 0 bridgehead atoms. The molecule has 16 heavy (non-hydrogen) atoms. The molecule has 0 amide bonds. The van der Waals surface area contributed by atoms with Crippen LogP contribution in [-0.2, 0) is 0 Å². The Bertz CT molecular complexity index is 329. The standard InChI is InChI=1S/C12H20N2O2/c1-3-14(5-4-6-15)11-7-10(13)8-12(9-11)16-2/h7-9,15H,3-6,13H2,1-2H3. The van der Waals surface area contributed by atoms with E-state index < -0.39 is 0 Å². The molecule has 0 heterocycles. The van der Waals surface area contributed by atoms with Crippen molar-refractivity contribution in [2.75, 3.05) is 37.4 Å². The van der Waals surface area contributed by atoms with Crippen LogP contribution in [0.15, 0.2) is 18.2 Å². The van der Waals surface area contributed by atoms with Crippen LogP contribution in [0.3, 0.4) is 0 Å². The number of benzene rings is 1. The van der Waals surface area contributed by atoms with Crippen molar-refractivity contribution >= 4 is 11.4 Å². The van der Waals surface area contributed by atoms with Crippen LogP contribution in [0.2, 0.25) is 0 Å². The predicted octanol–water partition coefficient (Wildman–Crippen LogP) is 1.49. The zero-order valence-electron chi connectivity index (χ0n) is 9.94. The summed E-state index contributed by atoms with van der Waals surface area (Å²) < 4.78 is 5.18. The van der Waals surface area contributed by atoms with E-state index in [0.717, 1.165) is 30.9 Å². The topological polar surface area (TPSA) is 58.7 Å². The van der Waals surface area contributed by atoms with E-state index in [1.54, 1.807) is 13.2 Å². The Morgan fingerprint density at radius 2 is 2.12 bits per heavy atom. The predicted molar refractivity (Wildman–Crippen MR) is 67.0 cm³/mol. The molecule has 0 aliphatic rings.